The van der Waals surface area contributed by atoms with Crippen molar-refractivity contribution in [1.29, 1.82) is 0 Å². The first kappa shape index (κ1) is 40.4. The van der Waals surface area contributed by atoms with Crippen LogP contribution in [0.5, 0.6) is 0 Å². The fourth-order valence-electron chi connectivity index (χ4n) is 8.29. The van der Waals surface area contributed by atoms with Gasteiger partial charge >= 0.3 is 12.2 Å². The number of hydrogen-bond donors (Lipinski definition) is 4. The Hall–Kier alpha value is -6.43. The van der Waals surface area contributed by atoms with Crippen molar-refractivity contribution in [3.63, 3.8) is 0 Å². The maximum atomic E-state index is 13.9. The number of carbonyl (C=O) groups is 3. The quantitative estimate of drug-likeness (QED) is 0.0854. The van der Waals surface area contributed by atoms with Gasteiger partial charge in [-0.1, -0.05) is 112 Å². The molecule has 1 saturated heterocycles. The zero-order valence-electron chi connectivity index (χ0n) is 34.7. The van der Waals surface area contributed by atoms with E-state index in [1.54, 1.807) is 0 Å². The minimum Gasteiger partial charge on any atom is -0.453 e. The number of nitrogens with zero attached hydrogens (tertiary/aromatic N) is 3. The molecule has 2 aliphatic rings. The number of carbonyl (C=O) groups excluding carboxylic acids is 3. The van der Waals surface area contributed by atoms with E-state index in [-0.39, 0.29) is 35.9 Å². The lowest BCUT2D eigenvalue weighted by molar-refractivity contribution is -0.135. The van der Waals surface area contributed by atoms with Crippen molar-refractivity contribution >= 4 is 28.9 Å². The molecule has 1 aliphatic heterocycles. The molecule has 12 heteroatoms. The van der Waals surface area contributed by atoms with E-state index in [1.165, 1.54) is 7.11 Å². The average molecular weight is 808 g/mol. The predicted molar refractivity (Wildman–Crippen MR) is 231 cm³/mol. The normalized spacial score (nSPS) is 16.5. The van der Waals surface area contributed by atoms with E-state index in [4.69, 9.17) is 14.5 Å². The molecule has 12 nitrogen and oxygen atoms in total. The molecule has 1 saturated carbocycles. The monoisotopic (exact) mass is 807 g/mol. The van der Waals surface area contributed by atoms with E-state index < -0.39 is 18.2 Å². The number of H-pyrrole nitrogens is 2. The fourth-order valence-corrected chi connectivity index (χ4v) is 8.29. The molecule has 0 radical (unpaired) electrons. The Morgan fingerprint density at radius 2 is 1.48 bits per heavy atom. The molecule has 8 rings (SSSR count). The highest BCUT2D eigenvalue weighted by molar-refractivity contribution is 5.91. The number of hydrogen-bond acceptors (Lipinski definition) is 7. The molecule has 0 unspecified atom stereocenters. The Morgan fingerprint density at radius 3 is 2.18 bits per heavy atom. The number of aromatic amines is 2. The van der Waals surface area contributed by atoms with Gasteiger partial charge < -0.3 is 35.0 Å². The second-order valence-corrected chi connectivity index (χ2v) is 16.7. The van der Waals surface area contributed by atoms with Crippen LogP contribution in [0.2, 0.25) is 0 Å². The van der Waals surface area contributed by atoms with Gasteiger partial charge in [0.2, 0.25) is 5.91 Å². The lowest BCUT2D eigenvalue weighted by atomic mass is 9.98. The van der Waals surface area contributed by atoms with Crippen molar-refractivity contribution in [2.24, 2.45) is 11.3 Å². The van der Waals surface area contributed by atoms with Gasteiger partial charge in [-0.2, -0.15) is 0 Å². The maximum absolute atomic E-state index is 13.9. The third-order valence-electron chi connectivity index (χ3n) is 12.0. The molecule has 3 heterocycles. The van der Waals surface area contributed by atoms with Crippen LogP contribution in [-0.4, -0.2) is 62.6 Å². The fraction of sp³-hybridized carbons (Fsp3) is 0.354. The van der Waals surface area contributed by atoms with Crippen LogP contribution in [0.4, 0.5) is 9.59 Å². The third kappa shape index (κ3) is 8.92. The summed E-state index contributed by atoms with van der Waals surface area (Å²) < 4.78 is 10.3. The molecule has 2 aromatic heterocycles. The van der Waals surface area contributed by atoms with Gasteiger partial charge in [-0.3, -0.25) is 4.79 Å². The molecule has 0 bridgehead atoms. The van der Waals surface area contributed by atoms with Crippen LogP contribution >= 0.6 is 0 Å². The summed E-state index contributed by atoms with van der Waals surface area (Å²) in [6.07, 6.45) is 8.31. The number of rotatable bonds is 14. The molecular formula is C48H53N7O5. The van der Waals surface area contributed by atoms with Gasteiger partial charge in [0.15, 0.2) is 0 Å². The number of amides is 3. The van der Waals surface area contributed by atoms with Crippen molar-refractivity contribution in [2.75, 3.05) is 13.7 Å². The molecule has 310 valence electrons. The first-order valence-corrected chi connectivity index (χ1v) is 21.0. The average Bonchev–Trinajstić information content (AvgIpc) is 3.60. The van der Waals surface area contributed by atoms with Crippen LogP contribution in [-0.2, 0) is 20.9 Å². The van der Waals surface area contributed by atoms with Crippen molar-refractivity contribution in [1.82, 2.24) is 35.5 Å². The van der Waals surface area contributed by atoms with Gasteiger partial charge in [-0.05, 0) is 82.2 Å². The van der Waals surface area contributed by atoms with Gasteiger partial charge in [-0.15, -0.1) is 0 Å². The zero-order chi connectivity index (χ0) is 41.8. The van der Waals surface area contributed by atoms with E-state index in [9.17, 15) is 14.4 Å². The molecule has 2 fully saturated rings. The predicted octanol–water partition coefficient (Wildman–Crippen LogP) is 9.88. The number of ether oxygens (including phenoxy) is 2. The summed E-state index contributed by atoms with van der Waals surface area (Å²) in [7, 11) is 1.31. The highest BCUT2D eigenvalue weighted by atomic mass is 16.5. The van der Waals surface area contributed by atoms with Crippen LogP contribution in [0.25, 0.3) is 44.4 Å². The molecule has 60 heavy (non-hydrogen) atoms. The van der Waals surface area contributed by atoms with E-state index in [2.05, 4.69) is 93.2 Å². The van der Waals surface area contributed by atoms with Crippen LogP contribution in [0.3, 0.4) is 0 Å². The minimum atomic E-state index is -0.681. The van der Waals surface area contributed by atoms with Gasteiger partial charge in [0.1, 0.15) is 24.3 Å². The Labute approximate surface area is 350 Å². The van der Waals surface area contributed by atoms with E-state index in [1.807, 2.05) is 61.5 Å². The first-order chi connectivity index (χ1) is 29.1. The smallest absolute Gasteiger partial charge is 0.408 e. The topological polar surface area (TPSA) is 154 Å². The second kappa shape index (κ2) is 17.4. The third-order valence-corrected chi connectivity index (χ3v) is 12.0. The minimum absolute atomic E-state index is 0.0992. The van der Waals surface area contributed by atoms with Crippen molar-refractivity contribution in [2.45, 2.75) is 84.0 Å². The summed E-state index contributed by atoms with van der Waals surface area (Å²) in [6, 6.07) is 29.7. The lowest BCUT2D eigenvalue weighted by Gasteiger charge is -2.30. The van der Waals surface area contributed by atoms with Crippen LogP contribution in [0.15, 0.2) is 103 Å². The van der Waals surface area contributed by atoms with Crippen molar-refractivity contribution < 1.29 is 23.9 Å². The number of benzene rings is 4. The van der Waals surface area contributed by atoms with Crippen LogP contribution in [0.1, 0.15) is 88.6 Å². The van der Waals surface area contributed by atoms with Crippen LogP contribution < -0.4 is 10.6 Å². The summed E-state index contributed by atoms with van der Waals surface area (Å²) in [6.45, 7) is 6.85. The van der Waals surface area contributed by atoms with E-state index >= 15 is 0 Å². The van der Waals surface area contributed by atoms with Gasteiger partial charge in [-0.25, -0.2) is 19.6 Å². The number of fused-ring (bicyclic) bond motifs is 1. The number of methoxy groups -OCH3 is 1. The number of alkyl carbamates (subject to hydrolysis) is 2. The molecule has 3 atom stereocenters. The highest BCUT2D eigenvalue weighted by Gasteiger charge is 2.55. The van der Waals surface area contributed by atoms with Crippen LogP contribution in [0, 0.1) is 11.3 Å². The van der Waals surface area contributed by atoms with Crippen molar-refractivity contribution in [3.8, 4) is 33.6 Å². The van der Waals surface area contributed by atoms with Gasteiger partial charge in [0, 0.05) is 12.1 Å². The number of likely N-dealkylation sites (tertiary alicyclic amines) is 1. The molecule has 1 spiro atoms. The standard InChI is InChI=1S/C48H53N7O5/c1-5-6-12-38(53-47(58)60-28-31-10-8-7-9-11-31)43-49-27-40(51-43)37-20-19-35-23-34(17-18-36(35)24-37)32-13-15-33(16-14-32)39-26-50-44(52-39)41-25-48(21-22-48)29-55(41)45(56)42(30(2)3)54-46(57)59-4/h7-11,13-20,23-24,26-27,30,38,41-42H,5-6,12,21-22,25,28-29H2,1-4H3,(H,49,51)(H,50,52)(H,53,58)(H,54,57)/t38-,41-,42-/m0/s1. The van der Waals surface area contributed by atoms with Gasteiger partial charge in [0.05, 0.1) is 43.0 Å². The largest absolute Gasteiger partial charge is 0.453 e. The summed E-state index contributed by atoms with van der Waals surface area (Å²) in [4.78, 5) is 57.1. The zero-order valence-corrected chi connectivity index (χ0v) is 34.7. The SMILES string of the molecule is CCCC[C@H](NC(=O)OCc1ccccc1)c1ncc(-c2ccc3cc(-c4ccc(-c5cnc([C@@H]6CC7(CC7)CN6C(=O)[C@@H](NC(=O)OC)C(C)C)[nH]5)cc4)ccc3c2)[nH]1. The summed E-state index contributed by atoms with van der Waals surface area (Å²) in [5, 5.41) is 7.99. The number of unbranched alkanes of at least 4 members (excludes halogenated alkanes) is 1. The Morgan fingerprint density at radius 1 is 0.817 bits per heavy atom. The second-order valence-electron chi connectivity index (χ2n) is 16.7. The van der Waals surface area contributed by atoms with Gasteiger partial charge in [0.25, 0.3) is 0 Å². The Kier molecular flexibility index (Phi) is 11.7. The maximum Gasteiger partial charge on any atom is 0.408 e. The Bertz CT molecular complexity index is 2450. The summed E-state index contributed by atoms with van der Waals surface area (Å²) in [5.74, 6) is 1.26. The number of aromatic nitrogens is 4. The first-order valence-electron chi connectivity index (χ1n) is 21.0. The summed E-state index contributed by atoms with van der Waals surface area (Å²) in [5.41, 5.74) is 7.04. The lowest BCUT2D eigenvalue weighted by Crippen LogP contribution is -2.51. The molecular weight excluding hydrogens is 755 g/mol. The molecule has 6 aromatic rings. The number of nitrogens with one attached hydrogen (secondary N) is 4. The van der Waals surface area contributed by atoms with E-state index in [0.717, 1.165) is 94.3 Å². The summed E-state index contributed by atoms with van der Waals surface area (Å²) >= 11 is 0. The van der Waals surface area contributed by atoms with E-state index in [0.29, 0.717) is 12.4 Å². The molecule has 1 aliphatic carbocycles. The Balaban J connectivity index is 0.936. The molecule has 4 N–H and O–H groups in total. The molecule has 3 amide bonds. The van der Waals surface area contributed by atoms with Crippen molar-refractivity contribution in [3.05, 3.63) is 121 Å². The molecule has 4 aromatic carbocycles. The highest BCUT2D eigenvalue weighted by Crippen LogP contribution is 2.58. The number of imidazole rings is 2.